The number of benzene rings is 2. The second-order valence-corrected chi connectivity index (χ2v) is 5.79. The van der Waals surface area contributed by atoms with Gasteiger partial charge in [0.25, 0.3) is 5.91 Å². The lowest BCUT2D eigenvalue weighted by Gasteiger charge is -2.15. The summed E-state index contributed by atoms with van der Waals surface area (Å²) in [5.41, 5.74) is 6.41. The molecule has 0 aliphatic heterocycles. The van der Waals surface area contributed by atoms with E-state index < -0.39 is 29.5 Å². The van der Waals surface area contributed by atoms with Crippen molar-refractivity contribution < 1.29 is 18.4 Å². The summed E-state index contributed by atoms with van der Waals surface area (Å²) in [6.07, 6.45) is 0.0592. The molecule has 5 nitrogen and oxygen atoms in total. The first kappa shape index (κ1) is 17.5. The van der Waals surface area contributed by atoms with Crippen molar-refractivity contribution in [1.82, 2.24) is 10.3 Å². The minimum Gasteiger partial charge on any atom is -0.368 e. The van der Waals surface area contributed by atoms with Crippen molar-refractivity contribution in [3.05, 3.63) is 77.5 Å². The molecule has 26 heavy (non-hydrogen) atoms. The molecular formula is C19H15F2N3O2. The van der Waals surface area contributed by atoms with Crippen LogP contribution in [0.1, 0.15) is 16.1 Å². The maximum Gasteiger partial charge on any atom is 0.252 e. The van der Waals surface area contributed by atoms with E-state index in [-0.39, 0.29) is 12.0 Å². The Hall–Kier alpha value is -3.35. The smallest absolute Gasteiger partial charge is 0.252 e. The number of fused-ring (bicyclic) bond motifs is 1. The molecule has 3 rings (SSSR count). The van der Waals surface area contributed by atoms with Crippen LogP contribution in [0, 0.1) is 11.6 Å². The number of primary amides is 1. The topological polar surface area (TPSA) is 85.1 Å². The van der Waals surface area contributed by atoms with Crippen molar-refractivity contribution in [2.24, 2.45) is 5.73 Å². The zero-order chi connectivity index (χ0) is 18.7. The molecule has 2 amide bonds. The molecule has 0 saturated heterocycles. The Labute approximate surface area is 147 Å². The molecule has 0 aliphatic rings. The van der Waals surface area contributed by atoms with Gasteiger partial charge in [0.15, 0.2) is 0 Å². The van der Waals surface area contributed by atoms with Crippen LogP contribution in [0.2, 0.25) is 0 Å². The number of hydrogen-bond donors (Lipinski definition) is 2. The Morgan fingerprint density at radius 3 is 2.42 bits per heavy atom. The van der Waals surface area contributed by atoms with E-state index in [4.69, 9.17) is 5.73 Å². The average molecular weight is 355 g/mol. The number of amides is 2. The lowest BCUT2D eigenvalue weighted by Crippen LogP contribution is -2.46. The molecule has 1 aromatic heterocycles. The van der Waals surface area contributed by atoms with Gasteiger partial charge >= 0.3 is 0 Å². The molecule has 1 atom stereocenters. The quantitative estimate of drug-likeness (QED) is 0.737. The number of nitrogens with one attached hydrogen (secondary N) is 1. The average Bonchev–Trinajstić information content (AvgIpc) is 2.60. The summed E-state index contributed by atoms with van der Waals surface area (Å²) in [7, 11) is 0. The van der Waals surface area contributed by atoms with E-state index >= 15 is 0 Å². The molecule has 132 valence electrons. The van der Waals surface area contributed by atoms with Gasteiger partial charge in [-0.1, -0.05) is 24.3 Å². The van der Waals surface area contributed by atoms with Crippen LogP contribution in [0.3, 0.4) is 0 Å². The minimum absolute atomic E-state index is 0.0592. The van der Waals surface area contributed by atoms with Gasteiger partial charge in [-0.05, 0) is 24.3 Å². The first-order chi connectivity index (χ1) is 12.4. The highest BCUT2D eigenvalue weighted by molar-refractivity contribution is 5.97. The van der Waals surface area contributed by atoms with E-state index in [2.05, 4.69) is 10.3 Å². The molecule has 0 spiro atoms. The molecular weight excluding hydrogens is 340 g/mol. The molecule has 3 N–H and O–H groups in total. The van der Waals surface area contributed by atoms with Crippen LogP contribution in [0.15, 0.2) is 54.6 Å². The number of nitrogens with two attached hydrogens (primary N) is 1. The molecule has 0 radical (unpaired) electrons. The summed E-state index contributed by atoms with van der Waals surface area (Å²) in [6, 6.07) is 12.4. The van der Waals surface area contributed by atoms with Crippen molar-refractivity contribution in [3.63, 3.8) is 0 Å². The summed E-state index contributed by atoms with van der Waals surface area (Å²) >= 11 is 0. The number of rotatable bonds is 5. The van der Waals surface area contributed by atoms with Gasteiger partial charge in [-0.25, -0.2) is 8.78 Å². The van der Waals surface area contributed by atoms with Gasteiger partial charge in [0, 0.05) is 29.1 Å². The van der Waals surface area contributed by atoms with Crippen LogP contribution in [0.25, 0.3) is 10.9 Å². The van der Waals surface area contributed by atoms with Gasteiger partial charge in [0.05, 0.1) is 5.52 Å². The monoisotopic (exact) mass is 355 g/mol. The van der Waals surface area contributed by atoms with Gasteiger partial charge in [0.1, 0.15) is 17.7 Å². The fourth-order valence-electron chi connectivity index (χ4n) is 2.58. The van der Waals surface area contributed by atoms with Gasteiger partial charge in [-0.3, -0.25) is 14.6 Å². The highest BCUT2D eigenvalue weighted by Crippen LogP contribution is 2.13. The zero-order valence-electron chi connectivity index (χ0n) is 13.6. The molecule has 0 aliphatic carbocycles. The van der Waals surface area contributed by atoms with Crippen molar-refractivity contribution in [2.75, 3.05) is 0 Å². The van der Waals surface area contributed by atoms with E-state index in [0.717, 1.165) is 23.0 Å². The maximum absolute atomic E-state index is 13.3. The van der Waals surface area contributed by atoms with Gasteiger partial charge in [-0.15, -0.1) is 0 Å². The zero-order valence-corrected chi connectivity index (χ0v) is 13.6. The maximum atomic E-state index is 13.3. The standard InChI is InChI=1S/C19H15F2N3O2/c20-13-7-12(8-14(21)9-13)19(26)24-17(18(22)25)10-15-6-5-11-3-1-2-4-16(11)23-15/h1-9,17H,10H2,(H2,22,25)(H,24,26)/t17-/m0/s1. The molecule has 0 saturated carbocycles. The second kappa shape index (κ2) is 7.26. The summed E-state index contributed by atoms with van der Waals surface area (Å²) in [5.74, 6) is -3.35. The molecule has 3 aromatic rings. The van der Waals surface area contributed by atoms with Crippen molar-refractivity contribution in [1.29, 1.82) is 0 Å². The van der Waals surface area contributed by atoms with Gasteiger partial charge in [-0.2, -0.15) is 0 Å². The van der Waals surface area contributed by atoms with Crippen LogP contribution in [0.5, 0.6) is 0 Å². The van der Waals surface area contributed by atoms with Gasteiger partial charge in [0.2, 0.25) is 5.91 Å². The fourth-order valence-corrected chi connectivity index (χ4v) is 2.58. The third-order valence-electron chi connectivity index (χ3n) is 3.84. The van der Waals surface area contributed by atoms with E-state index in [0.29, 0.717) is 11.8 Å². The predicted molar refractivity (Wildman–Crippen MR) is 92.3 cm³/mol. The number of aromatic nitrogens is 1. The van der Waals surface area contributed by atoms with Crippen molar-refractivity contribution in [2.45, 2.75) is 12.5 Å². The number of hydrogen-bond acceptors (Lipinski definition) is 3. The SMILES string of the molecule is NC(=O)[C@H](Cc1ccc2ccccc2n1)NC(=O)c1cc(F)cc(F)c1. The highest BCUT2D eigenvalue weighted by Gasteiger charge is 2.21. The van der Waals surface area contributed by atoms with Crippen LogP contribution >= 0.6 is 0 Å². The normalized spacial score (nSPS) is 11.9. The summed E-state index contributed by atoms with van der Waals surface area (Å²) in [4.78, 5) is 28.3. The molecule has 0 bridgehead atoms. The van der Waals surface area contributed by atoms with E-state index in [9.17, 15) is 18.4 Å². The number of carbonyl (C=O) groups excluding carboxylic acids is 2. The highest BCUT2D eigenvalue weighted by atomic mass is 19.1. The minimum atomic E-state index is -1.07. The second-order valence-electron chi connectivity index (χ2n) is 5.79. The van der Waals surface area contributed by atoms with Crippen molar-refractivity contribution >= 4 is 22.7 Å². The largest absolute Gasteiger partial charge is 0.368 e. The van der Waals surface area contributed by atoms with Crippen molar-refractivity contribution in [3.8, 4) is 0 Å². The van der Waals surface area contributed by atoms with Crippen LogP contribution in [0.4, 0.5) is 8.78 Å². The third-order valence-corrected chi connectivity index (χ3v) is 3.84. The number of pyridine rings is 1. The fraction of sp³-hybridized carbons (Fsp3) is 0.105. The first-order valence-electron chi connectivity index (χ1n) is 7.83. The van der Waals surface area contributed by atoms with E-state index in [1.54, 1.807) is 6.07 Å². The summed E-state index contributed by atoms with van der Waals surface area (Å²) < 4.78 is 26.5. The summed E-state index contributed by atoms with van der Waals surface area (Å²) in [6.45, 7) is 0. The first-order valence-corrected chi connectivity index (χ1v) is 7.83. The Morgan fingerprint density at radius 2 is 1.73 bits per heavy atom. The Morgan fingerprint density at radius 1 is 1.04 bits per heavy atom. The van der Waals surface area contributed by atoms with Crippen LogP contribution in [-0.4, -0.2) is 22.8 Å². The number of halogens is 2. The molecule has 2 aromatic carbocycles. The Bertz CT molecular complexity index is 971. The number of nitrogens with zero attached hydrogens (tertiary/aromatic N) is 1. The van der Waals surface area contributed by atoms with Gasteiger partial charge < -0.3 is 11.1 Å². The Kier molecular flexibility index (Phi) is 4.88. The van der Waals surface area contributed by atoms with Crippen LogP contribution in [-0.2, 0) is 11.2 Å². The molecule has 1 heterocycles. The lowest BCUT2D eigenvalue weighted by atomic mass is 10.1. The van der Waals surface area contributed by atoms with E-state index in [1.165, 1.54) is 0 Å². The number of carbonyl (C=O) groups is 2. The molecule has 0 unspecified atom stereocenters. The van der Waals surface area contributed by atoms with E-state index in [1.807, 2.05) is 30.3 Å². The Balaban J connectivity index is 1.80. The lowest BCUT2D eigenvalue weighted by molar-refractivity contribution is -0.119. The van der Waals surface area contributed by atoms with Crippen LogP contribution < -0.4 is 11.1 Å². The molecule has 7 heteroatoms. The number of para-hydroxylation sites is 1. The third kappa shape index (κ3) is 4.00. The molecule has 0 fully saturated rings. The predicted octanol–water partition coefficient (Wildman–Crippen LogP) is 2.34. The summed E-state index contributed by atoms with van der Waals surface area (Å²) in [5, 5.41) is 3.33.